The Bertz CT molecular complexity index is 520. The monoisotopic (exact) mass is 328 g/mol. The molecule has 0 aliphatic heterocycles. The first-order chi connectivity index (χ1) is 10.1. The van der Waals surface area contributed by atoms with E-state index in [-0.39, 0.29) is 37.3 Å². The lowest BCUT2D eigenvalue weighted by atomic mass is 9.87. The highest BCUT2D eigenvalue weighted by Gasteiger charge is 2.42. The van der Waals surface area contributed by atoms with E-state index in [4.69, 9.17) is 4.74 Å². The molecule has 1 aliphatic carbocycles. The van der Waals surface area contributed by atoms with E-state index >= 15 is 0 Å². The van der Waals surface area contributed by atoms with Crippen LogP contribution in [-0.2, 0) is 6.18 Å². The van der Waals surface area contributed by atoms with Crippen molar-refractivity contribution in [3.05, 3.63) is 17.6 Å². The first-order valence-corrected chi connectivity index (χ1v) is 6.72. The van der Waals surface area contributed by atoms with E-state index in [1.807, 2.05) is 0 Å². The average Bonchev–Trinajstić information content (AvgIpc) is 2.36. The molecule has 0 aromatic carbocycles. The van der Waals surface area contributed by atoms with Gasteiger partial charge >= 0.3 is 12.4 Å². The maximum atomic E-state index is 12.6. The van der Waals surface area contributed by atoms with E-state index in [1.54, 1.807) is 0 Å². The Labute approximate surface area is 122 Å². The number of nitrogens with zero attached hydrogens (tertiary/aromatic N) is 2. The van der Waals surface area contributed by atoms with E-state index in [0.717, 1.165) is 0 Å². The summed E-state index contributed by atoms with van der Waals surface area (Å²) in [5.74, 6) is -2.94. The normalized spacial score (nSPS) is 23.4. The fraction of sp³-hybridized carbons (Fsp3) is 0.692. The topological polar surface area (TPSA) is 35.0 Å². The molecule has 124 valence electrons. The minimum Gasteiger partial charge on any atom is -0.474 e. The lowest BCUT2D eigenvalue weighted by Crippen LogP contribution is -2.32. The predicted octanol–water partition coefficient (Wildman–Crippen LogP) is 4.30. The summed E-state index contributed by atoms with van der Waals surface area (Å²) in [6.07, 6.45) is -9.41. The lowest BCUT2D eigenvalue weighted by Gasteiger charge is -2.29. The minimum atomic E-state index is -4.70. The van der Waals surface area contributed by atoms with E-state index in [0.29, 0.717) is 0 Å². The second-order valence-corrected chi connectivity index (χ2v) is 5.30. The zero-order valence-electron chi connectivity index (χ0n) is 11.6. The van der Waals surface area contributed by atoms with Gasteiger partial charge in [0.05, 0.1) is 5.92 Å². The van der Waals surface area contributed by atoms with Crippen LogP contribution in [0.5, 0.6) is 5.88 Å². The molecule has 1 heterocycles. The number of halogens is 6. The SMILES string of the molecule is Cc1cc(OC2CCC(C(F)(F)F)CC2)nc(C(F)(F)F)n1. The van der Waals surface area contributed by atoms with Crippen LogP contribution in [0.4, 0.5) is 26.3 Å². The maximum absolute atomic E-state index is 12.6. The number of ether oxygens (including phenoxy) is 1. The molecule has 0 radical (unpaired) electrons. The molecule has 0 N–H and O–H groups in total. The van der Waals surface area contributed by atoms with Gasteiger partial charge in [-0.3, -0.25) is 0 Å². The van der Waals surface area contributed by atoms with Crippen molar-refractivity contribution in [2.45, 2.75) is 51.1 Å². The summed E-state index contributed by atoms with van der Waals surface area (Å²) in [4.78, 5) is 6.56. The van der Waals surface area contributed by atoms with Gasteiger partial charge in [-0.2, -0.15) is 31.3 Å². The first-order valence-electron chi connectivity index (χ1n) is 6.72. The van der Waals surface area contributed by atoms with Gasteiger partial charge in [-0.05, 0) is 32.6 Å². The van der Waals surface area contributed by atoms with Gasteiger partial charge in [0, 0.05) is 11.8 Å². The summed E-state index contributed by atoms with van der Waals surface area (Å²) < 4.78 is 80.8. The lowest BCUT2D eigenvalue weighted by molar-refractivity contribution is -0.185. The van der Waals surface area contributed by atoms with E-state index in [1.165, 1.54) is 13.0 Å². The van der Waals surface area contributed by atoms with Crippen molar-refractivity contribution in [1.29, 1.82) is 0 Å². The molecule has 0 amide bonds. The Morgan fingerprint density at radius 1 is 1.00 bits per heavy atom. The molecular weight excluding hydrogens is 314 g/mol. The van der Waals surface area contributed by atoms with Crippen LogP contribution < -0.4 is 4.74 Å². The van der Waals surface area contributed by atoms with Crippen molar-refractivity contribution in [2.24, 2.45) is 5.92 Å². The van der Waals surface area contributed by atoms with Crippen LogP contribution in [-0.4, -0.2) is 22.2 Å². The zero-order valence-corrected chi connectivity index (χ0v) is 11.6. The van der Waals surface area contributed by atoms with Crippen molar-refractivity contribution < 1.29 is 31.1 Å². The van der Waals surface area contributed by atoms with Crippen LogP contribution in [0.1, 0.15) is 37.2 Å². The number of rotatable bonds is 2. The third kappa shape index (κ3) is 4.23. The minimum absolute atomic E-state index is 0.0845. The molecule has 0 spiro atoms. The average molecular weight is 328 g/mol. The van der Waals surface area contributed by atoms with Crippen molar-refractivity contribution in [3.8, 4) is 5.88 Å². The number of alkyl halides is 6. The van der Waals surface area contributed by atoms with Gasteiger partial charge < -0.3 is 4.74 Å². The van der Waals surface area contributed by atoms with Crippen LogP contribution >= 0.6 is 0 Å². The summed E-state index contributed by atoms with van der Waals surface area (Å²) in [6, 6.07) is 1.24. The van der Waals surface area contributed by atoms with Crippen molar-refractivity contribution in [2.75, 3.05) is 0 Å². The van der Waals surface area contributed by atoms with Gasteiger partial charge in [-0.25, -0.2) is 4.98 Å². The molecule has 1 aromatic rings. The molecule has 0 atom stereocenters. The number of hydrogen-bond acceptors (Lipinski definition) is 3. The highest BCUT2D eigenvalue weighted by molar-refractivity contribution is 5.17. The largest absolute Gasteiger partial charge is 0.474 e. The Kier molecular flexibility index (Phi) is 4.53. The third-order valence-corrected chi connectivity index (χ3v) is 3.51. The number of aromatic nitrogens is 2. The second-order valence-electron chi connectivity index (χ2n) is 5.30. The molecule has 0 saturated heterocycles. The quantitative estimate of drug-likeness (QED) is 0.759. The van der Waals surface area contributed by atoms with Crippen molar-refractivity contribution in [1.82, 2.24) is 9.97 Å². The Morgan fingerprint density at radius 3 is 2.09 bits per heavy atom. The molecule has 9 heteroatoms. The van der Waals surface area contributed by atoms with Gasteiger partial charge in [-0.15, -0.1) is 0 Å². The van der Waals surface area contributed by atoms with E-state index in [2.05, 4.69) is 9.97 Å². The molecule has 22 heavy (non-hydrogen) atoms. The molecule has 1 aromatic heterocycles. The van der Waals surface area contributed by atoms with Crippen LogP contribution in [0.25, 0.3) is 0 Å². The van der Waals surface area contributed by atoms with Crippen LogP contribution in [0, 0.1) is 12.8 Å². The van der Waals surface area contributed by atoms with E-state index in [9.17, 15) is 26.3 Å². The fourth-order valence-electron chi connectivity index (χ4n) is 2.41. The fourth-order valence-corrected chi connectivity index (χ4v) is 2.41. The van der Waals surface area contributed by atoms with Crippen molar-refractivity contribution >= 4 is 0 Å². The highest BCUT2D eigenvalue weighted by Crippen LogP contribution is 2.38. The Hall–Kier alpha value is -1.54. The number of aryl methyl sites for hydroxylation is 1. The van der Waals surface area contributed by atoms with Gasteiger partial charge in [0.15, 0.2) is 0 Å². The smallest absolute Gasteiger partial charge is 0.451 e. The molecule has 0 unspecified atom stereocenters. The maximum Gasteiger partial charge on any atom is 0.451 e. The standard InChI is InChI=1S/C13H14F6N2O/c1-7-6-10(21-11(20-7)13(17,18)19)22-9-4-2-8(3-5-9)12(14,15)16/h6,8-9H,2-5H2,1H3. The summed E-state index contributed by atoms with van der Waals surface area (Å²) >= 11 is 0. The summed E-state index contributed by atoms with van der Waals surface area (Å²) in [6.45, 7) is 1.37. The summed E-state index contributed by atoms with van der Waals surface area (Å²) in [5.41, 5.74) is 0.0845. The predicted molar refractivity (Wildman–Crippen MR) is 64.2 cm³/mol. The second kappa shape index (κ2) is 5.92. The molecule has 3 nitrogen and oxygen atoms in total. The molecule has 1 aliphatic rings. The molecule has 1 saturated carbocycles. The Balaban J connectivity index is 2.02. The van der Waals surface area contributed by atoms with Crippen LogP contribution in [0.3, 0.4) is 0 Å². The molecule has 1 fully saturated rings. The van der Waals surface area contributed by atoms with Crippen LogP contribution in [0.15, 0.2) is 6.07 Å². The molecule has 2 rings (SSSR count). The molecular formula is C13H14F6N2O. The number of hydrogen-bond donors (Lipinski definition) is 0. The third-order valence-electron chi connectivity index (χ3n) is 3.51. The van der Waals surface area contributed by atoms with Gasteiger partial charge in [-0.1, -0.05) is 0 Å². The first kappa shape index (κ1) is 16.8. The Morgan fingerprint density at radius 2 is 1.59 bits per heavy atom. The molecule has 0 bridgehead atoms. The van der Waals surface area contributed by atoms with Gasteiger partial charge in [0.1, 0.15) is 6.10 Å². The summed E-state index contributed by atoms with van der Waals surface area (Å²) in [5, 5.41) is 0. The zero-order chi connectivity index (χ0) is 16.5. The summed E-state index contributed by atoms with van der Waals surface area (Å²) in [7, 11) is 0. The van der Waals surface area contributed by atoms with Gasteiger partial charge in [0.2, 0.25) is 11.7 Å². The van der Waals surface area contributed by atoms with Gasteiger partial charge in [0.25, 0.3) is 0 Å². The van der Waals surface area contributed by atoms with Crippen LogP contribution in [0.2, 0.25) is 0 Å². The van der Waals surface area contributed by atoms with Crippen molar-refractivity contribution in [3.63, 3.8) is 0 Å². The highest BCUT2D eigenvalue weighted by atomic mass is 19.4. The van der Waals surface area contributed by atoms with E-state index < -0.39 is 30.2 Å².